The molecule has 0 aliphatic carbocycles. The van der Waals surface area contributed by atoms with Crippen LogP contribution in [-0.2, 0) is 25.0 Å². The number of rotatable bonds is 6. The largest absolute Gasteiger partial charge is 1.00 e. The number of carbonyl (C=O) groups is 1. The minimum absolute atomic E-state index is 0. The Morgan fingerprint density at radius 2 is 1.80 bits per heavy atom. The summed E-state index contributed by atoms with van der Waals surface area (Å²) in [6.45, 7) is 1.03. The van der Waals surface area contributed by atoms with E-state index < -0.39 is 73.8 Å². The number of aromatic nitrogens is 1. The molecule has 0 saturated carbocycles. The van der Waals surface area contributed by atoms with Gasteiger partial charge in [-0.15, -0.1) is 10.2 Å². The maximum Gasteiger partial charge on any atom is 1.00 e. The molecule has 0 spiro atoms. The van der Waals surface area contributed by atoms with Crippen LogP contribution < -0.4 is 69.5 Å². The quantitative estimate of drug-likeness (QED) is 0.0960. The van der Waals surface area contributed by atoms with Crippen LogP contribution in [0.3, 0.4) is 0 Å². The van der Waals surface area contributed by atoms with E-state index in [0.717, 1.165) is 25.3 Å². The molecule has 3 rings (SSSR count). The summed E-state index contributed by atoms with van der Waals surface area (Å²) in [6.07, 6.45) is 0.842. The first-order valence-corrected chi connectivity index (χ1v) is 11.9. The van der Waals surface area contributed by atoms with Crippen LogP contribution >= 0.6 is 11.3 Å². The summed E-state index contributed by atoms with van der Waals surface area (Å²) in [5.41, 5.74) is -1.42. The number of carbonyl (C=O) groups excluding carboxylic acids is 1. The number of thiazole rings is 1. The fourth-order valence-corrected chi connectivity index (χ4v) is 4.39. The number of hydrogen-bond acceptors (Lipinski definition) is 13. The Bertz CT molecular complexity index is 1570. The average Bonchev–Trinajstić information content (AvgIpc) is 3.14. The second kappa shape index (κ2) is 11.6. The van der Waals surface area contributed by atoms with Crippen LogP contribution in [0.25, 0.3) is 10.8 Å². The summed E-state index contributed by atoms with van der Waals surface area (Å²) in [7, 11) is -10.2. The summed E-state index contributed by atoms with van der Waals surface area (Å²) in [4.78, 5) is 23.1. The number of nitrogens with one attached hydrogen (secondary N) is 1. The zero-order valence-corrected chi connectivity index (χ0v) is 24.4. The predicted octanol–water partition coefficient (Wildman–Crippen LogP) is -4.19. The van der Waals surface area contributed by atoms with Gasteiger partial charge in [0.15, 0.2) is 0 Å². The van der Waals surface area contributed by atoms with E-state index in [2.05, 4.69) is 20.5 Å². The van der Waals surface area contributed by atoms with Gasteiger partial charge in [-0.3, -0.25) is 19.5 Å². The van der Waals surface area contributed by atoms with E-state index in [0.29, 0.717) is 17.4 Å². The first-order chi connectivity index (χ1) is 15.2. The van der Waals surface area contributed by atoms with Crippen molar-refractivity contribution in [3.8, 4) is 5.75 Å². The SMILES string of the molecule is CC(=O)Nc1cc(S(=O)(=O)O)cc2cc(S(=O)(=O)[O-])c(N=Nc3ncc([N+](=O)[O-])s3)c([O-])c12.[Na+].[Na+]. The first-order valence-electron chi connectivity index (χ1n) is 8.23. The number of anilines is 1. The Morgan fingerprint density at radius 3 is 2.29 bits per heavy atom. The summed E-state index contributed by atoms with van der Waals surface area (Å²) >= 11 is 0.448. The van der Waals surface area contributed by atoms with E-state index in [9.17, 15) is 46.0 Å². The predicted molar refractivity (Wildman–Crippen MR) is 108 cm³/mol. The topological polar surface area (TPSA) is 244 Å². The number of fused-ring (bicyclic) bond motifs is 1. The van der Waals surface area contributed by atoms with Gasteiger partial charge in [0.25, 0.3) is 10.1 Å². The van der Waals surface area contributed by atoms with Crippen molar-refractivity contribution in [3.05, 3.63) is 34.5 Å². The molecule has 0 saturated heterocycles. The first kappa shape index (κ1) is 31.4. The summed E-state index contributed by atoms with van der Waals surface area (Å²) in [6, 6.07) is 2.09. The third-order valence-corrected chi connectivity index (χ3v) is 6.39. The maximum atomic E-state index is 13.0. The van der Waals surface area contributed by atoms with E-state index in [-0.39, 0.29) is 64.2 Å². The van der Waals surface area contributed by atoms with Crippen LogP contribution in [0.15, 0.2) is 44.4 Å². The van der Waals surface area contributed by atoms with Gasteiger partial charge in [-0.2, -0.15) is 8.42 Å². The summed E-state index contributed by atoms with van der Waals surface area (Å²) < 4.78 is 67.7. The van der Waals surface area contributed by atoms with Gasteiger partial charge in [0, 0.05) is 12.6 Å². The number of azo groups is 1. The Morgan fingerprint density at radius 1 is 1.17 bits per heavy atom. The van der Waals surface area contributed by atoms with Gasteiger partial charge in [0.2, 0.25) is 11.0 Å². The van der Waals surface area contributed by atoms with E-state index in [1.165, 1.54) is 0 Å². The van der Waals surface area contributed by atoms with Gasteiger partial charge in [-0.25, -0.2) is 13.4 Å². The molecule has 0 fully saturated rings. The number of nitro groups is 1. The van der Waals surface area contributed by atoms with Gasteiger partial charge in [0.05, 0.1) is 20.4 Å². The van der Waals surface area contributed by atoms with Gasteiger partial charge >= 0.3 is 64.1 Å². The minimum atomic E-state index is -5.37. The minimum Gasteiger partial charge on any atom is -0.870 e. The molecule has 15 nitrogen and oxygen atoms in total. The van der Waals surface area contributed by atoms with Crippen LogP contribution in [0.4, 0.5) is 21.5 Å². The van der Waals surface area contributed by atoms with Crippen molar-refractivity contribution in [2.75, 3.05) is 5.32 Å². The molecule has 0 atom stereocenters. The van der Waals surface area contributed by atoms with E-state index in [1.54, 1.807) is 0 Å². The third-order valence-electron chi connectivity index (χ3n) is 3.88. The van der Waals surface area contributed by atoms with E-state index in [1.807, 2.05) is 0 Å². The Balaban J connectivity index is 0.00000306. The van der Waals surface area contributed by atoms with Crippen LogP contribution in [0.2, 0.25) is 0 Å². The molecular weight excluding hydrogens is 552 g/mol. The molecule has 1 amide bonds. The standard InChI is InChI=1S/C15H11N5O10S3.2Na/c1-6(21)17-9-4-8(32(25,26)27)2-7-3-10(33(28,29)30)13(14(22)12(7)9)18-19-15-16-5-11(31-15)20(23)24;;/h2-5,22H,1H3,(H,17,21)(H,25,26,27)(H,28,29,30);;/q;2*+1/p-2. The number of nitrogens with zero attached hydrogens (tertiary/aromatic N) is 4. The van der Waals surface area contributed by atoms with Crippen molar-refractivity contribution in [3.63, 3.8) is 0 Å². The molecule has 0 aliphatic heterocycles. The Hall–Kier alpha value is -1.58. The molecule has 2 aromatic carbocycles. The van der Waals surface area contributed by atoms with E-state index >= 15 is 0 Å². The Labute approximate surface area is 244 Å². The van der Waals surface area contributed by atoms with Gasteiger partial charge < -0.3 is 15.0 Å². The second-order valence-electron chi connectivity index (χ2n) is 6.17. The molecule has 35 heavy (non-hydrogen) atoms. The van der Waals surface area contributed by atoms with E-state index in [4.69, 9.17) is 0 Å². The van der Waals surface area contributed by atoms with Crippen LogP contribution in [0.5, 0.6) is 5.75 Å². The number of amides is 1. The molecular formula is C15H9N5Na2O10S3. The van der Waals surface area contributed by atoms with Gasteiger partial charge in [-0.05, 0) is 40.3 Å². The van der Waals surface area contributed by atoms with Crippen molar-refractivity contribution >= 4 is 69.8 Å². The van der Waals surface area contributed by atoms with Crippen LogP contribution in [-0.4, -0.2) is 41.8 Å². The maximum absolute atomic E-state index is 13.0. The van der Waals surface area contributed by atoms with Gasteiger partial charge in [-0.1, -0.05) is 5.75 Å². The molecule has 174 valence electrons. The monoisotopic (exact) mass is 561 g/mol. The molecule has 1 aromatic heterocycles. The van der Waals surface area contributed by atoms with Crippen molar-refractivity contribution in [2.45, 2.75) is 16.7 Å². The number of benzene rings is 2. The van der Waals surface area contributed by atoms with Crippen LogP contribution in [0, 0.1) is 10.1 Å². The molecule has 2 N–H and O–H groups in total. The number of hydrogen-bond donors (Lipinski definition) is 2. The zero-order valence-electron chi connectivity index (χ0n) is 17.9. The van der Waals surface area contributed by atoms with Crippen molar-refractivity contribution in [2.24, 2.45) is 10.2 Å². The molecule has 0 aliphatic rings. The van der Waals surface area contributed by atoms with Gasteiger partial charge in [0.1, 0.15) is 16.3 Å². The second-order valence-corrected chi connectivity index (χ2v) is 9.93. The molecule has 0 bridgehead atoms. The summed E-state index contributed by atoms with van der Waals surface area (Å²) in [5, 5.41) is 31.2. The average molecular weight is 561 g/mol. The smallest absolute Gasteiger partial charge is 0.870 e. The summed E-state index contributed by atoms with van der Waals surface area (Å²) in [5.74, 6) is -1.98. The van der Waals surface area contributed by atoms with Crippen molar-refractivity contribution in [1.82, 2.24) is 4.98 Å². The fourth-order valence-electron chi connectivity index (χ4n) is 2.65. The molecule has 20 heteroatoms. The normalized spacial score (nSPS) is 11.6. The fraction of sp³-hybridized carbons (Fsp3) is 0.0667. The molecule has 0 unspecified atom stereocenters. The van der Waals surface area contributed by atoms with Crippen molar-refractivity contribution < 1.29 is 99.9 Å². The zero-order chi connectivity index (χ0) is 24.7. The van der Waals surface area contributed by atoms with Crippen LogP contribution in [0.1, 0.15) is 6.92 Å². The molecule has 1 heterocycles. The Kier molecular flexibility index (Phi) is 10.5. The molecule has 3 aromatic rings. The van der Waals surface area contributed by atoms with Crippen molar-refractivity contribution in [1.29, 1.82) is 0 Å². The molecule has 0 radical (unpaired) electrons. The third kappa shape index (κ3) is 7.23.